The molecule has 1 aromatic heterocycles. The summed E-state index contributed by atoms with van der Waals surface area (Å²) in [7, 11) is 5.90. The van der Waals surface area contributed by atoms with Crippen molar-refractivity contribution in [3.63, 3.8) is 0 Å². The molecule has 0 saturated carbocycles. The molecule has 0 aliphatic heterocycles. The summed E-state index contributed by atoms with van der Waals surface area (Å²) < 4.78 is 1.76. The molecule has 124 valence electrons. The van der Waals surface area contributed by atoms with Crippen LogP contribution in [0.3, 0.4) is 0 Å². The third-order valence-corrected chi connectivity index (χ3v) is 4.09. The zero-order valence-corrected chi connectivity index (χ0v) is 14.6. The quantitative estimate of drug-likeness (QED) is 0.721. The molecular weight excluding hydrogens is 308 g/mol. The molecule has 0 radical (unpaired) electrons. The van der Waals surface area contributed by atoms with E-state index in [4.69, 9.17) is 0 Å². The summed E-state index contributed by atoms with van der Waals surface area (Å²) in [6, 6.07) is 20.4. The van der Waals surface area contributed by atoms with E-state index in [1.807, 2.05) is 63.6 Å². The lowest BCUT2D eigenvalue weighted by atomic mass is 10.1. The first-order valence-electron chi connectivity index (χ1n) is 8.08. The molecule has 0 unspecified atom stereocenters. The van der Waals surface area contributed by atoms with Gasteiger partial charge in [0.15, 0.2) is 0 Å². The van der Waals surface area contributed by atoms with E-state index < -0.39 is 0 Å². The van der Waals surface area contributed by atoms with Crippen LogP contribution in [0.5, 0.6) is 0 Å². The van der Waals surface area contributed by atoms with E-state index in [2.05, 4.69) is 40.3 Å². The maximum atomic E-state index is 9.63. The molecule has 0 aliphatic carbocycles. The minimum atomic E-state index is 0.592. The zero-order chi connectivity index (χ0) is 17.8. The van der Waals surface area contributed by atoms with Crippen molar-refractivity contribution in [1.29, 1.82) is 5.26 Å². The van der Waals surface area contributed by atoms with E-state index in [0.29, 0.717) is 11.3 Å². The van der Waals surface area contributed by atoms with Gasteiger partial charge in [0.05, 0.1) is 5.69 Å². The van der Waals surface area contributed by atoms with Crippen LogP contribution < -0.4 is 4.90 Å². The largest absolute Gasteiger partial charge is 0.378 e. The summed E-state index contributed by atoms with van der Waals surface area (Å²) in [6.45, 7) is 0. The Labute approximate surface area is 148 Å². The lowest BCUT2D eigenvalue weighted by Gasteiger charge is -2.11. The molecule has 4 nitrogen and oxygen atoms in total. The molecule has 2 aromatic carbocycles. The summed E-state index contributed by atoms with van der Waals surface area (Å²) >= 11 is 0. The Bertz CT molecular complexity index is 927. The fourth-order valence-corrected chi connectivity index (χ4v) is 2.70. The smallest absolute Gasteiger partial charge is 0.111 e. The second-order valence-electron chi connectivity index (χ2n) is 6.03. The van der Waals surface area contributed by atoms with Crippen LogP contribution in [-0.4, -0.2) is 23.9 Å². The molecule has 0 saturated heterocycles. The minimum Gasteiger partial charge on any atom is -0.378 e. The standard InChI is InChI=1S/C21H20N4/c1-24(2)18-12-9-16(10-13-18)11-14-20-19(15-22)21(23-25(20)3)17-7-5-4-6-8-17/h4-14H,1-3H3/b14-11+. The van der Waals surface area contributed by atoms with Crippen molar-refractivity contribution in [2.75, 3.05) is 19.0 Å². The molecule has 0 spiro atoms. The summed E-state index contributed by atoms with van der Waals surface area (Å²) in [5.41, 5.74) is 5.30. The molecule has 4 heteroatoms. The fourth-order valence-electron chi connectivity index (χ4n) is 2.70. The Balaban J connectivity index is 1.95. The van der Waals surface area contributed by atoms with Crippen LogP contribution in [0.4, 0.5) is 5.69 Å². The Kier molecular flexibility index (Phi) is 4.67. The number of hydrogen-bond acceptors (Lipinski definition) is 3. The van der Waals surface area contributed by atoms with E-state index in [1.165, 1.54) is 0 Å². The molecule has 1 heterocycles. The van der Waals surface area contributed by atoms with E-state index in [0.717, 1.165) is 22.5 Å². The molecule has 0 fully saturated rings. The van der Waals surface area contributed by atoms with Gasteiger partial charge in [-0.05, 0) is 23.8 Å². The van der Waals surface area contributed by atoms with Crippen molar-refractivity contribution in [3.8, 4) is 17.3 Å². The molecule has 3 aromatic rings. The average Bonchev–Trinajstić information content (AvgIpc) is 2.96. The number of anilines is 1. The molecule has 3 rings (SSSR count). The number of aromatic nitrogens is 2. The molecule has 0 N–H and O–H groups in total. The van der Waals surface area contributed by atoms with Gasteiger partial charge in [0, 0.05) is 32.4 Å². The van der Waals surface area contributed by atoms with Gasteiger partial charge in [-0.1, -0.05) is 48.5 Å². The van der Waals surface area contributed by atoms with Crippen LogP contribution in [0.2, 0.25) is 0 Å². The van der Waals surface area contributed by atoms with Gasteiger partial charge in [0.25, 0.3) is 0 Å². The summed E-state index contributed by atoms with van der Waals surface area (Å²) in [5, 5.41) is 14.2. The Morgan fingerprint density at radius 2 is 1.68 bits per heavy atom. The molecule has 0 bridgehead atoms. The van der Waals surface area contributed by atoms with Gasteiger partial charge in [-0.25, -0.2) is 0 Å². The van der Waals surface area contributed by atoms with Crippen LogP contribution >= 0.6 is 0 Å². The van der Waals surface area contributed by atoms with Gasteiger partial charge in [0.1, 0.15) is 17.3 Å². The summed E-state index contributed by atoms with van der Waals surface area (Å²) in [5.74, 6) is 0. The van der Waals surface area contributed by atoms with Crippen LogP contribution in [0.25, 0.3) is 23.4 Å². The number of nitriles is 1. The molecule has 0 aliphatic rings. The minimum absolute atomic E-state index is 0.592. The number of hydrogen-bond donors (Lipinski definition) is 0. The van der Waals surface area contributed by atoms with Crippen LogP contribution in [0.1, 0.15) is 16.8 Å². The highest BCUT2D eigenvalue weighted by Crippen LogP contribution is 2.25. The normalized spacial score (nSPS) is 10.8. The van der Waals surface area contributed by atoms with Crippen molar-refractivity contribution < 1.29 is 0 Å². The van der Waals surface area contributed by atoms with E-state index in [9.17, 15) is 5.26 Å². The number of nitrogens with zero attached hydrogens (tertiary/aromatic N) is 4. The Morgan fingerprint density at radius 1 is 1.00 bits per heavy atom. The third-order valence-electron chi connectivity index (χ3n) is 4.09. The Hall–Kier alpha value is -3.32. The van der Waals surface area contributed by atoms with Crippen LogP contribution in [-0.2, 0) is 7.05 Å². The average molecular weight is 328 g/mol. The maximum Gasteiger partial charge on any atom is 0.111 e. The van der Waals surface area contributed by atoms with Crippen molar-refractivity contribution in [1.82, 2.24) is 9.78 Å². The van der Waals surface area contributed by atoms with Crippen LogP contribution in [0, 0.1) is 11.3 Å². The monoisotopic (exact) mass is 328 g/mol. The van der Waals surface area contributed by atoms with Gasteiger partial charge < -0.3 is 4.90 Å². The van der Waals surface area contributed by atoms with Crippen molar-refractivity contribution in [2.45, 2.75) is 0 Å². The Morgan fingerprint density at radius 3 is 2.28 bits per heavy atom. The summed E-state index contributed by atoms with van der Waals surface area (Å²) in [4.78, 5) is 2.06. The first-order valence-corrected chi connectivity index (χ1v) is 8.08. The molecule has 25 heavy (non-hydrogen) atoms. The van der Waals surface area contributed by atoms with Gasteiger partial charge in [-0.15, -0.1) is 0 Å². The van der Waals surface area contributed by atoms with Crippen molar-refractivity contribution >= 4 is 17.8 Å². The second-order valence-corrected chi connectivity index (χ2v) is 6.03. The lowest BCUT2D eigenvalue weighted by Crippen LogP contribution is -2.07. The highest BCUT2D eigenvalue weighted by atomic mass is 15.3. The van der Waals surface area contributed by atoms with Gasteiger partial charge in [0.2, 0.25) is 0 Å². The lowest BCUT2D eigenvalue weighted by molar-refractivity contribution is 0.762. The number of aryl methyl sites for hydroxylation is 1. The van der Waals surface area contributed by atoms with E-state index in [-0.39, 0.29) is 0 Å². The summed E-state index contributed by atoms with van der Waals surface area (Å²) in [6.07, 6.45) is 3.95. The number of benzene rings is 2. The second kappa shape index (κ2) is 7.06. The van der Waals surface area contributed by atoms with Crippen molar-refractivity contribution in [2.24, 2.45) is 7.05 Å². The van der Waals surface area contributed by atoms with E-state index in [1.54, 1.807) is 4.68 Å². The van der Waals surface area contributed by atoms with E-state index >= 15 is 0 Å². The fraction of sp³-hybridized carbons (Fsp3) is 0.143. The van der Waals surface area contributed by atoms with Crippen LogP contribution in [0.15, 0.2) is 54.6 Å². The highest BCUT2D eigenvalue weighted by molar-refractivity contribution is 5.77. The first-order chi connectivity index (χ1) is 12.1. The number of rotatable bonds is 4. The molecule has 0 amide bonds. The molecule has 0 atom stereocenters. The topological polar surface area (TPSA) is 44.9 Å². The SMILES string of the molecule is CN(C)c1ccc(/C=C/c2c(C#N)c(-c3ccccc3)nn2C)cc1. The van der Waals surface area contributed by atoms with Gasteiger partial charge in [-0.2, -0.15) is 10.4 Å². The molecular formula is C21H20N4. The van der Waals surface area contributed by atoms with Gasteiger partial charge >= 0.3 is 0 Å². The predicted molar refractivity (Wildman–Crippen MR) is 103 cm³/mol. The van der Waals surface area contributed by atoms with Gasteiger partial charge in [-0.3, -0.25) is 4.68 Å². The van der Waals surface area contributed by atoms with Crippen molar-refractivity contribution in [3.05, 3.63) is 71.4 Å². The maximum absolute atomic E-state index is 9.63. The zero-order valence-electron chi connectivity index (χ0n) is 14.6. The third kappa shape index (κ3) is 3.46. The first kappa shape index (κ1) is 16.5. The predicted octanol–water partition coefficient (Wildman–Crippen LogP) is 4.20. The highest BCUT2D eigenvalue weighted by Gasteiger charge is 2.15.